The number of hydrogen-bond acceptors (Lipinski definition) is 12. The van der Waals surface area contributed by atoms with E-state index in [-0.39, 0.29) is 115 Å². The van der Waals surface area contributed by atoms with Crippen molar-refractivity contribution >= 4 is 70.7 Å². The summed E-state index contributed by atoms with van der Waals surface area (Å²) in [5.41, 5.74) is 31.6. The predicted molar refractivity (Wildman–Crippen MR) is 554 cm³/mol. The van der Waals surface area contributed by atoms with Gasteiger partial charge in [0, 0.05) is 145 Å². The Labute approximate surface area is 866 Å². The van der Waals surface area contributed by atoms with Crippen molar-refractivity contribution in [2.75, 3.05) is 0 Å². The zero-order valence-corrected chi connectivity index (χ0v) is 92.6. The fourth-order valence-corrected chi connectivity index (χ4v) is 15.9. The molecule has 714 valence electrons. The molecule has 3 N–H and O–H groups in total. The van der Waals surface area contributed by atoms with Crippen molar-refractivity contribution in [3.8, 4) is 78.5 Å². The van der Waals surface area contributed by atoms with Crippen LogP contribution in [-0.4, -0.2) is 57.6 Å². The van der Waals surface area contributed by atoms with E-state index in [0.717, 1.165) is 91.3 Å². The van der Waals surface area contributed by atoms with E-state index in [1.807, 2.05) is 125 Å². The summed E-state index contributed by atoms with van der Waals surface area (Å²) >= 11 is 1.82. The first-order valence-corrected chi connectivity index (χ1v) is 46.0. The fourth-order valence-electron chi connectivity index (χ4n) is 14.9. The molecule has 16 rings (SSSR count). The number of ketones is 3. The second-order valence-electron chi connectivity index (χ2n) is 35.6. The number of aromatic nitrogens is 5. The zero-order chi connectivity index (χ0) is 95.8. The van der Waals surface area contributed by atoms with Crippen molar-refractivity contribution < 1.29 is 110 Å². The van der Waals surface area contributed by atoms with E-state index in [9.17, 15) is 19.5 Å². The predicted octanol–water partition coefficient (Wildman–Crippen LogP) is 31.5. The first-order valence-electron chi connectivity index (χ1n) is 45.2. The van der Waals surface area contributed by atoms with Gasteiger partial charge in [-0.25, -0.2) is 0 Å². The number of allylic oxidation sites excluding steroid dienone is 6. The number of nitrogens with zero attached hydrogens (tertiary/aromatic N) is 5. The number of carbonyl (C=O) groups is 3. The van der Waals surface area contributed by atoms with Crippen LogP contribution in [0.3, 0.4) is 0 Å². The Morgan fingerprint density at radius 2 is 0.868 bits per heavy atom. The second kappa shape index (κ2) is 57.2. The summed E-state index contributed by atoms with van der Waals surface area (Å²) in [6, 6.07) is 101. The molecule has 0 fully saturated rings. The van der Waals surface area contributed by atoms with Gasteiger partial charge < -0.3 is 30.3 Å². The molecule has 136 heavy (non-hydrogen) atoms. The summed E-state index contributed by atoms with van der Waals surface area (Å²) in [5.74, 6) is 2.15. The van der Waals surface area contributed by atoms with Crippen molar-refractivity contribution in [1.29, 1.82) is 0 Å². The van der Waals surface area contributed by atoms with Gasteiger partial charge in [0.2, 0.25) is 0 Å². The normalized spacial score (nSPS) is 11.0. The molecule has 0 aliphatic heterocycles. The third-order valence-corrected chi connectivity index (χ3v) is 22.0. The molecule has 6 aromatic heterocycles. The van der Waals surface area contributed by atoms with Crippen molar-refractivity contribution in [2.24, 2.45) is 23.7 Å². The number of carbonyl (C=O) groups excluding carboxylic acids is 3. The van der Waals surface area contributed by atoms with Gasteiger partial charge >= 0.3 is 0 Å². The number of rotatable bonds is 18. The van der Waals surface area contributed by atoms with Gasteiger partial charge in [-0.2, -0.15) is 11.3 Å². The maximum atomic E-state index is 11.2. The average molecular weight is 2540 g/mol. The van der Waals surface area contributed by atoms with Crippen LogP contribution in [0.15, 0.2) is 296 Å². The molecule has 0 aliphatic rings. The Kier molecular flexibility index (Phi) is 48.5. The molecule has 16 aromatic rings. The van der Waals surface area contributed by atoms with Crippen LogP contribution in [0.4, 0.5) is 0 Å². The number of aryl methyl sites for hydroxylation is 9. The van der Waals surface area contributed by atoms with Crippen molar-refractivity contribution in [2.45, 2.75) is 178 Å². The van der Waals surface area contributed by atoms with Gasteiger partial charge in [0.1, 0.15) is 0 Å². The van der Waals surface area contributed by atoms with Gasteiger partial charge in [-0.15, -0.1) is 165 Å². The molecule has 6 heterocycles. The number of aliphatic hydroxyl groups excluding tert-OH is 3. The number of fused-ring (bicyclic) bond motifs is 5. The number of benzene rings is 10. The fraction of sp³-hybridized carbons (Fsp3) is 0.250. The minimum absolute atomic E-state index is 0. The van der Waals surface area contributed by atoms with Gasteiger partial charge in [-0.1, -0.05) is 226 Å². The Morgan fingerprint density at radius 1 is 0.368 bits per heavy atom. The molecule has 16 heteroatoms. The van der Waals surface area contributed by atoms with E-state index in [4.69, 9.17) is 20.2 Å². The molecule has 0 atom stereocenters. The van der Waals surface area contributed by atoms with Crippen molar-refractivity contribution in [3.05, 3.63) is 388 Å². The standard InChI is InChI=1S/C27H26N.C22H24N.C19H16N.C18H12NS.C12H10N.C11H20O2.C6H10O2.C5H8O2.4Ir/c1-18(2)12-23-17-27(24-14-19(3)13-20(4)15-24)28-26-11-10-22(16-25(23)26)21-8-6-5-7-9-21;1-14(2)8-18-13-22(19-10-16(4)9-17(5)11-19)23-21-7-6-15(3)12-20(18)21;1-14-10-15(2)12-18(11-14)17-8-9-20-19(13-17)16-6-4-3-5-7-16;1-12-8-9-19-16(10-12)13-6-7-18-15(11-13)14-4-2-3-5-17(14)20-18;1-10-7-8-12(13-9-10)11-5-3-2-4-6-11;1-8(2)5-10(12)7-11(13)6-9(3)4;1-4(5(2)7)6(3)8;1-4(6)3-5(2)7;;;;/h5-11,13-14,16-18H,12H2,1-4H3;6-7,9-10,12-14H,8H2,1-5H3;3-6,8-13H,1-2H3;2-5,7-11H,1H3;2-5,7-9H,1H3;7-9,12H,5-6H2,1-4H3;7H,1-3H3;3,6H,1-2H3;;;;/q5*-1;;;;;;;. The average Bonchev–Trinajstić information content (AvgIpc) is 1.56. The number of thiophene rings is 1. The molecule has 0 amide bonds. The third-order valence-electron chi connectivity index (χ3n) is 20.9. The van der Waals surface area contributed by atoms with E-state index >= 15 is 0 Å². The van der Waals surface area contributed by atoms with Crippen LogP contribution in [-0.2, 0) is 108 Å². The smallest absolute Gasteiger partial charge is 0.159 e. The van der Waals surface area contributed by atoms with Crippen LogP contribution in [0.5, 0.6) is 0 Å². The number of aliphatic hydroxyl groups is 3. The van der Waals surface area contributed by atoms with Crippen LogP contribution in [0.25, 0.3) is 121 Å². The summed E-state index contributed by atoms with van der Waals surface area (Å²) in [4.78, 5) is 54.7. The van der Waals surface area contributed by atoms with Crippen molar-refractivity contribution in [3.63, 3.8) is 0 Å². The monoisotopic (exact) mass is 2540 g/mol. The molecule has 0 aliphatic carbocycles. The Hall–Kier alpha value is -11.1. The van der Waals surface area contributed by atoms with Crippen LogP contribution < -0.4 is 0 Å². The Morgan fingerprint density at radius 3 is 1.35 bits per heavy atom. The molecule has 0 saturated heterocycles. The summed E-state index contributed by atoms with van der Waals surface area (Å²) in [6.07, 6.45) is 11.3. The van der Waals surface area contributed by atoms with E-state index in [1.165, 1.54) is 143 Å². The minimum Gasteiger partial charge on any atom is -0.512 e. The van der Waals surface area contributed by atoms with Crippen LogP contribution in [0.2, 0.25) is 0 Å². The van der Waals surface area contributed by atoms with E-state index < -0.39 is 0 Å². The maximum Gasteiger partial charge on any atom is 0.159 e. The van der Waals surface area contributed by atoms with Gasteiger partial charge in [0.05, 0.1) is 28.3 Å². The quantitative estimate of drug-likeness (QED) is 0.0423. The molecule has 0 saturated carbocycles. The van der Waals surface area contributed by atoms with Gasteiger partial charge in [-0.3, -0.25) is 24.4 Å². The number of pyridine rings is 5. The van der Waals surface area contributed by atoms with Crippen LogP contribution >= 0.6 is 11.3 Å². The van der Waals surface area contributed by atoms with Gasteiger partial charge in [0.25, 0.3) is 0 Å². The molecule has 0 bridgehead atoms. The number of Topliss-reactive ketones (excluding diaryl/α,β-unsaturated/α-hetero) is 1. The summed E-state index contributed by atoms with van der Waals surface area (Å²) in [6.45, 7) is 43.4. The summed E-state index contributed by atoms with van der Waals surface area (Å²) in [5, 5.41) is 31.5. The van der Waals surface area contributed by atoms with Crippen LogP contribution in [0.1, 0.15) is 164 Å². The molecule has 11 nitrogen and oxygen atoms in total. The number of hydrogen-bond donors (Lipinski definition) is 3. The first-order chi connectivity index (χ1) is 62.9. The molecule has 10 aromatic carbocycles. The van der Waals surface area contributed by atoms with Gasteiger partial charge in [0.15, 0.2) is 17.3 Å². The maximum absolute atomic E-state index is 11.2. The van der Waals surface area contributed by atoms with E-state index in [2.05, 4.69) is 310 Å². The topological polar surface area (TPSA) is 176 Å². The zero-order valence-electron chi connectivity index (χ0n) is 82.2. The van der Waals surface area contributed by atoms with E-state index in [0.29, 0.717) is 42.1 Å². The minimum atomic E-state index is -0.125. The molecule has 0 unspecified atom stereocenters. The Balaban J connectivity index is 0.000000282. The summed E-state index contributed by atoms with van der Waals surface area (Å²) in [7, 11) is 0. The molecular weight excluding hydrogens is 2410 g/mol. The van der Waals surface area contributed by atoms with Crippen LogP contribution in [0, 0.1) is 116 Å². The van der Waals surface area contributed by atoms with E-state index in [1.54, 1.807) is 6.92 Å². The molecule has 4 radical (unpaired) electrons. The van der Waals surface area contributed by atoms with Gasteiger partial charge in [-0.05, 0) is 226 Å². The molecule has 0 spiro atoms. The Bertz CT molecular complexity index is 6620. The largest absolute Gasteiger partial charge is 0.512 e. The van der Waals surface area contributed by atoms with Crippen molar-refractivity contribution in [1.82, 2.24) is 24.9 Å². The third kappa shape index (κ3) is 37.4. The SMILES string of the molecule is CC(=O)C(C)=C(C)O.CC(=O)C=C(C)O.CC(C)CC(=O)C=C(O)CC(C)C.Cc1[c-]c(-c2cc(CC(C)C)c3cc(-c4ccccc4)ccc3n2)cc(C)c1.Cc1[c-]c(-c2cc(CC(C)C)c3cc(C)ccc3n2)cc(C)c1.Cc1cc(C)cc(-c2ccnc(-c3[c-]cccc3)c2)c1.Cc1ccc(-c2[c-]cccc2)nc1.Cc1ccnc(-c2[c-]cc3sc4ccccc4c3c2)c1.[Ir].[Ir].[Ir].[Ir]. The first kappa shape index (κ1) is 115. The summed E-state index contributed by atoms with van der Waals surface area (Å²) < 4.78 is 2.60. The second-order valence-corrected chi connectivity index (χ2v) is 36.7. The molecular formula is C120H126Ir4N5O6S-5.